The van der Waals surface area contributed by atoms with Crippen LogP contribution in [0.2, 0.25) is 10.0 Å². The number of nitrogens with one attached hydrogen (secondary N) is 2. The fourth-order valence-corrected chi connectivity index (χ4v) is 7.56. The van der Waals surface area contributed by atoms with E-state index in [0.29, 0.717) is 44.1 Å². The van der Waals surface area contributed by atoms with Crippen LogP contribution in [0.3, 0.4) is 0 Å². The molecular formula is C26H25Cl2N3O2S. The quantitative estimate of drug-likeness (QED) is 0.360. The first kappa shape index (κ1) is 22.3. The second-order valence-corrected chi connectivity index (χ2v) is 11.7. The molecule has 2 aromatic carbocycles. The van der Waals surface area contributed by atoms with Crippen LogP contribution in [0.25, 0.3) is 22.6 Å². The molecule has 1 heterocycles. The van der Waals surface area contributed by atoms with Gasteiger partial charge in [-0.1, -0.05) is 23.2 Å². The fraction of sp³-hybridized carbons (Fsp3) is 0.423. The summed E-state index contributed by atoms with van der Waals surface area (Å²) in [6.45, 7) is 0. The smallest absolute Gasteiger partial charge is 0.228 e. The number of nitrogens with zero attached hydrogens (tertiary/aromatic N) is 1. The molecule has 0 atom stereocenters. The van der Waals surface area contributed by atoms with Crippen molar-refractivity contribution in [1.29, 1.82) is 0 Å². The van der Waals surface area contributed by atoms with Gasteiger partial charge in [0, 0.05) is 17.1 Å². The van der Waals surface area contributed by atoms with Gasteiger partial charge in [-0.25, -0.2) is 4.98 Å². The molecule has 4 aliphatic carbocycles. The number of carbonyl (C=O) groups excluding carboxylic acids is 1. The van der Waals surface area contributed by atoms with E-state index in [2.05, 4.69) is 15.6 Å². The molecule has 0 aliphatic heterocycles. The van der Waals surface area contributed by atoms with E-state index in [9.17, 15) is 4.79 Å². The monoisotopic (exact) mass is 513 g/mol. The summed E-state index contributed by atoms with van der Waals surface area (Å²) in [4.78, 5) is 17.4. The highest BCUT2D eigenvalue weighted by molar-refractivity contribution is 7.80. The molecule has 4 saturated carbocycles. The maximum Gasteiger partial charge on any atom is 0.228 e. The minimum Gasteiger partial charge on any atom is -0.436 e. The highest BCUT2D eigenvalue weighted by atomic mass is 35.5. The number of aromatic nitrogens is 1. The van der Waals surface area contributed by atoms with E-state index in [1.807, 2.05) is 18.2 Å². The minimum absolute atomic E-state index is 0.0137. The maximum absolute atomic E-state index is 12.9. The highest BCUT2D eigenvalue weighted by Crippen LogP contribution is 2.61. The average molecular weight is 514 g/mol. The van der Waals surface area contributed by atoms with E-state index in [0.717, 1.165) is 23.4 Å². The molecule has 0 unspecified atom stereocenters. The molecule has 0 radical (unpaired) electrons. The van der Waals surface area contributed by atoms with Crippen molar-refractivity contribution in [3.05, 3.63) is 46.4 Å². The molecule has 1 amide bonds. The van der Waals surface area contributed by atoms with Crippen LogP contribution in [0.1, 0.15) is 44.9 Å². The standard InChI is InChI=1S/C26H25Cl2N3O2S/c27-17-1-3-20(28)19(8-17)24-30-21-9-18(2-4-22(21)33-24)29-25(34)31-23(32)13-26-10-14-5-15(11-26)7-16(6-14)12-26/h1-4,8-9,14-16H,5-7,10-13H2,(H2,29,31,32,34). The number of halogens is 2. The summed E-state index contributed by atoms with van der Waals surface area (Å²) in [5, 5.41) is 7.38. The van der Waals surface area contributed by atoms with E-state index < -0.39 is 0 Å². The Morgan fingerprint density at radius 2 is 1.76 bits per heavy atom. The molecule has 0 saturated heterocycles. The normalized spacial score (nSPS) is 27.2. The zero-order valence-corrected chi connectivity index (χ0v) is 20.9. The van der Waals surface area contributed by atoms with Crippen molar-refractivity contribution in [1.82, 2.24) is 10.3 Å². The number of thiocarbonyl (C=S) groups is 1. The van der Waals surface area contributed by atoms with Crippen molar-refractivity contribution in [2.24, 2.45) is 23.2 Å². The molecule has 7 rings (SSSR count). The van der Waals surface area contributed by atoms with Crippen molar-refractivity contribution in [3.63, 3.8) is 0 Å². The Balaban J connectivity index is 1.12. The lowest BCUT2D eigenvalue weighted by Crippen LogP contribution is -2.48. The molecule has 2 N–H and O–H groups in total. The summed E-state index contributed by atoms with van der Waals surface area (Å²) >= 11 is 17.8. The first-order chi connectivity index (χ1) is 16.3. The third-order valence-electron chi connectivity index (χ3n) is 7.76. The summed E-state index contributed by atoms with van der Waals surface area (Å²) in [6.07, 6.45) is 8.30. The van der Waals surface area contributed by atoms with Gasteiger partial charge < -0.3 is 15.1 Å². The Morgan fingerprint density at radius 1 is 1.06 bits per heavy atom. The van der Waals surface area contributed by atoms with Crippen LogP contribution in [0.4, 0.5) is 5.69 Å². The van der Waals surface area contributed by atoms with Crippen LogP contribution in [-0.2, 0) is 4.79 Å². The van der Waals surface area contributed by atoms with Crippen LogP contribution in [0.15, 0.2) is 40.8 Å². The third kappa shape index (κ3) is 4.32. The zero-order chi connectivity index (χ0) is 23.4. The van der Waals surface area contributed by atoms with Gasteiger partial charge in [0.05, 0.1) is 10.6 Å². The fourth-order valence-electron chi connectivity index (χ4n) is 6.96. The number of benzene rings is 2. The number of hydrogen-bond acceptors (Lipinski definition) is 4. The Labute approximate surface area is 213 Å². The van der Waals surface area contributed by atoms with Crippen LogP contribution in [0, 0.1) is 23.2 Å². The summed E-state index contributed by atoms with van der Waals surface area (Å²) in [5.74, 6) is 2.88. The molecule has 0 spiro atoms. The third-order valence-corrected chi connectivity index (χ3v) is 8.53. The van der Waals surface area contributed by atoms with Gasteiger partial charge in [0.15, 0.2) is 10.7 Å². The second kappa shape index (κ2) is 8.51. The Bertz CT molecular complexity index is 1270. The number of anilines is 1. The lowest BCUT2D eigenvalue weighted by Gasteiger charge is -2.56. The summed E-state index contributed by atoms with van der Waals surface area (Å²) in [5.41, 5.74) is 2.82. The van der Waals surface area contributed by atoms with E-state index >= 15 is 0 Å². The van der Waals surface area contributed by atoms with E-state index in [1.54, 1.807) is 18.2 Å². The molecule has 4 aliphatic rings. The van der Waals surface area contributed by atoms with Crippen LogP contribution in [0.5, 0.6) is 0 Å². The van der Waals surface area contributed by atoms with Crippen molar-refractivity contribution in [2.75, 3.05) is 5.32 Å². The largest absolute Gasteiger partial charge is 0.436 e. The predicted molar refractivity (Wildman–Crippen MR) is 139 cm³/mol. The van der Waals surface area contributed by atoms with Gasteiger partial charge >= 0.3 is 0 Å². The first-order valence-corrected chi connectivity index (χ1v) is 13.0. The number of hydrogen-bond donors (Lipinski definition) is 2. The molecular weight excluding hydrogens is 489 g/mol. The highest BCUT2D eigenvalue weighted by Gasteiger charge is 2.51. The zero-order valence-electron chi connectivity index (χ0n) is 18.6. The van der Waals surface area contributed by atoms with E-state index in [-0.39, 0.29) is 11.3 Å². The van der Waals surface area contributed by atoms with Crippen molar-refractivity contribution < 1.29 is 9.21 Å². The van der Waals surface area contributed by atoms with Gasteiger partial charge in [0.2, 0.25) is 11.8 Å². The molecule has 3 aromatic rings. The van der Waals surface area contributed by atoms with Gasteiger partial charge in [0.25, 0.3) is 0 Å². The van der Waals surface area contributed by atoms with E-state index in [1.165, 1.54) is 38.5 Å². The molecule has 4 fully saturated rings. The Hall–Kier alpha value is -2.15. The molecule has 8 heteroatoms. The second-order valence-electron chi connectivity index (χ2n) is 10.4. The minimum atomic E-state index is 0.0137. The first-order valence-electron chi connectivity index (χ1n) is 11.8. The summed E-state index contributed by atoms with van der Waals surface area (Å²) in [6, 6.07) is 10.6. The molecule has 1 aromatic heterocycles. The number of carbonyl (C=O) groups is 1. The lowest BCUT2D eigenvalue weighted by molar-refractivity contribution is -0.127. The summed E-state index contributed by atoms with van der Waals surface area (Å²) in [7, 11) is 0. The molecule has 4 bridgehead atoms. The number of oxazole rings is 1. The van der Waals surface area contributed by atoms with Crippen LogP contribution < -0.4 is 10.6 Å². The maximum atomic E-state index is 12.9. The van der Waals surface area contributed by atoms with Crippen molar-refractivity contribution in [2.45, 2.75) is 44.9 Å². The van der Waals surface area contributed by atoms with Gasteiger partial charge in [-0.3, -0.25) is 4.79 Å². The lowest BCUT2D eigenvalue weighted by atomic mass is 9.49. The summed E-state index contributed by atoms with van der Waals surface area (Å²) < 4.78 is 5.86. The molecule has 5 nitrogen and oxygen atoms in total. The van der Waals surface area contributed by atoms with Gasteiger partial charge in [-0.05, 0) is 110 Å². The van der Waals surface area contributed by atoms with Gasteiger partial charge in [0.1, 0.15) is 5.52 Å². The number of fused-ring (bicyclic) bond motifs is 1. The van der Waals surface area contributed by atoms with Gasteiger partial charge in [-0.15, -0.1) is 0 Å². The van der Waals surface area contributed by atoms with Crippen molar-refractivity contribution >= 4 is 63.2 Å². The van der Waals surface area contributed by atoms with Gasteiger partial charge in [-0.2, -0.15) is 0 Å². The predicted octanol–water partition coefficient (Wildman–Crippen LogP) is 7.22. The van der Waals surface area contributed by atoms with Crippen molar-refractivity contribution in [3.8, 4) is 11.5 Å². The molecule has 176 valence electrons. The SMILES string of the molecule is O=C(CC12CC3CC(CC(C3)C1)C2)NC(=S)Nc1ccc2oc(-c3cc(Cl)ccc3Cl)nc2c1. The van der Waals surface area contributed by atoms with E-state index in [4.69, 9.17) is 39.8 Å². The Morgan fingerprint density at radius 3 is 2.47 bits per heavy atom. The van der Waals surface area contributed by atoms with Crippen LogP contribution >= 0.6 is 35.4 Å². The topological polar surface area (TPSA) is 67.2 Å². The number of amides is 1. The molecule has 34 heavy (non-hydrogen) atoms. The number of rotatable bonds is 4. The van der Waals surface area contributed by atoms with Crippen LogP contribution in [-0.4, -0.2) is 16.0 Å². The average Bonchev–Trinajstić information content (AvgIpc) is 3.17. The Kier molecular flexibility index (Phi) is 5.58.